The molecule has 1 radical (unpaired) electrons. The maximum atomic E-state index is 6.83. The largest absolute Gasteiger partial charge is 2.00 e. The van der Waals surface area contributed by atoms with Crippen LogP contribution in [0, 0.1) is 12.0 Å². The number of hydrogen-bond acceptors (Lipinski definition) is 0. The second kappa shape index (κ2) is 20.1. The van der Waals surface area contributed by atoms with E-state index in [1.165, 1.54) is 16.7 Å². The minimum absolute atomic E-state index is 0. The predicted molar refractivity (Wildman–Crippen MR) is 97.4 cm³/mol. The van der Waals surface area contributed by atoms with E-state index in [9.17, 15) is 0 Å². The fourth-order valence-electron chi connectivity index (χ4n) is 1.16. The van der Waals surface area contributed by atoms with Crippen LogP contribution in [0.5, 0.6) is 0 Å². The quantitative estimate of drug-likeness (QED) is 0.374. The van der Waals surface area contributed by atoms with Gasteiger partial charge in [0.2, 0.25) is 0 Å². The third-order valence-electron chi connectivity index (χ3n) is 2.85. The summed E-state index contributed by atoms with van der Waals surface area (Å²) in [7, 11) is 0.750. The summed E-state index contributed by atoms with van der Waals surface area (Å²) in [6, 6.07) is 0.134. The molecule has 0 amide bonds. The molecule has 0 aromatic heterocycles. The van der Waals surface area contributed by atoms with Gasteiger partial charge in [0.15, 0.2) is 0 Å². The zero-order chi connectivity index (χ0) is 14.0. The van der Waals surface area contributed by atoms with Crippen LogP contribution >= 0.6 is 24.8 Å². The minimum Gasteiger partial charge on any atom is -0.675 e. The third-order valence-corrected chi connectivity index (χ3v) is 2.85. The van der Waals surface area contributed by atoms with Crippen molar-refractivity contribution in [2.45, 2.75) is 67.1 Å². The molecule has 0 aromatic carbocycles. The van der Waals surface area contributed by atoms with Crippen LogP contribution in [0.2, 0.25) is 13.1 Å². The molecule has 0 heterocycles. The molecule has 20 heavy (non-hydrogen) atoms. The Bertz CT molecular complexity index is 267. The van der Waals surface area contributed by atoms with Gasteiger partial charge in [-0.05, 0) is 0 Å². The summed E-state index contributed by atoms with van der Waals surface area (Å²) >= 11 is 0. The molecule has 0 saturated heterocycles. The SMILES string of the molecule is CC1=[C-]C(C)C(C)=C1C.CCC(C)[NH-].C[SiH]C.Cl.Cl.[Zr+2]. The molecule has 2 atom stereocenters. The van der Waals surface area contributed by atoms with Gasteiger partial charge in [0, 0.05) is 9.52 Å². The van der Waals surface area contributed by atoms with E-state index < -0.39 is 0 Å². The van der Waals surface area contributed by atoms with Crippen LogP contribution in [0.25, 0.3) is 5.73 Å². The van der Waals surface area contributed by atoms with Crippen molar-refractivity contribution in [2.75, 3.05) is 0 Å². The first-order valence-electron chi connectivity index (χ1n) is 6.54. The van der Waals surface area contributed by atoms with Crippen LogP contribution < -0.4 is 0 Å². The van der Waals surface area contributed by atoms with Crippen LogP contribution in [0.15, 0.2) is 16.7 Å². The Hall–Kier alpha value is 1.12. The summed E-state index contributed by atoms with van der Waals surface area (Å²) < 4.78 is 0. The topological polar surface area (TPSA) is 23.8 Å². The van der Waals surface area contributed by atoms with Crippen LogP contribution in [0.3, 0.4) is 0 Å². The van der Waals surface area contributed by atoms with Gasteiger partial charge in [-0.1, -0.05) is 60.1 Å². The summed E-state index contributed by atoms with van der Waals surface area (Å²) in [5.41, 5.74) is 11.1. The number of hydrogen-bond donors (Lipinski definition) is 0. The number of allylic oxidation sites excluding steroid dienone is 4. The van der Waals surface area contributed by atoms with Crippen LogP contribution in [0.1, 0.15) is 48.0 Å². The smallest absolute Gasteiger partial charge is 0.675 e. The summed E-state index contributed by atoms with van der Waals surface area (Å²) in [6.07, 6.45) is 4.33. The molecule has 1 N–H and O–H groups in total. The van der Waals surface area contributed by atoms with Gasteiger partial charge in [-0.25, -0.2) is 5.57 Å². The Morgan fingerprint density at radius 1 is 1.20 bits per heavy atom. The van der Waals surface area contributed by atoms with Crippen molar-refractivity contribution in [3.05, 3.63) is 28.5 Å². The molecular weight excluding hydrogens is 384 g/mol. The van der Waals surface area contributed by atoms with E-state index in [2.05, 4.69) is 46.9 Å². The van der Waals surface area contributed by atoms with E-state index in [0.717, 1.165) is 15.9 Å². The molecule has 2 unspecified atom stereocenters. The van der Waals surface area contributed by atoms with E-state index in [1.54, 1.807) is 0 Å². The van der Waals surface area contributed by atoms with Crippen molar-refractivity contribution in [1.82, 2.24) is 0 Å². The second-order valence-corrected chi connectivity index (χ2v) is 5.84. The third kappa shape index (κ3) is 17.2. The average molecular weight is 417 g/mol. The van der Waals surface area contributed by atoms with Crippen molar-refractivity contribution in [3.63, 3.8) is 0 Å². The molecule has 5 heteroatoms. The van der Waals surface area contributed by atoms with Crippen molar-refractivity contribution in [2.24, 2.45) is 5.92 Å². The van der Waals surface area contributed by atoms with E-state index in [1.807, 2.05) is 13.8 Å². The Morgan fingerprint density at radius 3 is 1.55 bits per heavy atom. The van der Waals surface area contributed by atoms with E-state index in [0.29, 0.717) is 5.92 Å². The van der Waals surface area contributed by atoms with Gasteiger partial charge in [0.1, 0.15) is 0 Å². The van der Waals surface area contributed by atoms with E-state index >= 15 is 0 Å². The van der Waals surface area contributed by atoms with Crippen LogP contribution in [0.4, 0.5) is 0 Å². The molecular formula is C15H32Cl2NSiZr. The van der Waals surface area contributed by atoms with E-state index in [4.69, 9.17) is 5.73 Å². The number of nitrogens with one attached hydrogen (secondary N) is 1. The molecule has 0 spiro atoms. The molecule has 1 rings (SSSR count). The molecule has 1 aliphatic carbocycles. The maximum Gasteiger partial charge on any atom is 2.00 e. The normalized spacial score (nSPS) is 16.9. The molecule has 1 nitrogen and oxygen atoms in total. The zero-order valence-corrected chi connectivity index (χ0v) is 19.5. The second-order valence-electron chi connectivity index (χ2n) is 4.69. The zero-order valence-electron chi connectivity index (χ0n) is 14.3. The fraction of sp³-hybridized carbons (Fsp3) is 0.733. The first kappa shape index (κ1) is 32.9. The first-order valence-corrected chi connectivity index (χ1v) is 8.85. The van der Waals surface area contributed by atoms with Gasteiger partial charge < -0.3 is 5.73 Å². The van der Waals surface area contributed by atoms with Gasteiger partial charge >= 0.3 is 26.2 Å². The van der Waals surface area contributed by atoms with Crippen molar-refractivity contribution < 1.29 is 26.2 Å². The summed E-state index contributed by atoms with van der Waals surface area (Å²) in [4.78, 5) is 0. The van der Waals surface area contributed by atoms with Crippen molar-refractivity contribution in [1.29, 1.82) is 0 Å². The van der Waals surface area contributed by atoms with Gasteiger partial charge in [0.25, 0.3) is 0 Å². The Balaban J connectivity index is -0.0000000601. The minimum atomic E-state index is 0. The maximum absolute atomic E-state index is 6.83. The van der Waals surface area contributed by atoms with E-state index in [-0.39, 0.29) is 57.1 Å². The van der Waals surface area contributed by atoms with Crippen molar-refractivity contribution >= 4 is 34.3 Å². The Kier molecular flexibility index (Phi) is 33.1. The summed E-state index contributed by atoms with van der Waals surface area (Å²) in [6.45, 7) is 17.0. The summed E-state index contributed by atoms with van der Waals surface area (Å²) in [5.74, 6) is 0.560. The Labute approximate surface area is 161 Å². The van der Waals surface area contributed by atoms with Gasteiger partial charge in [-0.2, -0.15) is 11.1 Å². The molecule has 1 aliphatic rings. The molecule has 0 saturated carbocycles. The van der Waals surface area contributed by atoms with Gasteiger partial charge in [-0.15, -0.1) is 37.8 Å². The molecule has 0 aromatic rings. The Morgan fingerprint density at radius 2 is 1.50 bits per heavy atom. The molecule has 0 fully saturated rings. The van der Waals surface area contributed by atoms with Gasteiger partial charge in [-0.3, -0.25) is 6.08 Å². The average Bonchev–Trinajstić information content (AvgIpc) is 2.48. The monoisotopic (exact) mass is 414 g/mol. The van der Waals surface area contributed by atoms with Gasteiger partial charge in [0.05, 0.1) is 0 Å². The standard InChI is InChI=1S/C9H13.C4H10N.C2H7Si.2ClH.Zr/c1-6-5-7(2)9(4)8(6)3;1-3-4(2)5;1-3-2;;;/h6H,1-4H3;4-5H,3H2,1-2H3;3H,1-2H3;2*1H;/q2*-1;;;;+2. The summed E-state index contributed by atoms with van der Waals surface area (Å²) in [5, 5.41) is 0. The predicted octanol–water partition coefficient (Wildman–Crippen LogP) is 5.92. The molecule has 119 valence electrons. The first-order chi connectivity index (χ1) is 7.81. The number of rotatable bonds is 1. The molecule has 0 aliphatic heterocycles. The number of halogens is 2. The fourth-order valence-corrected chi connectivity index (χ4v) is 1.16. The van der Waals surface area contributed by atoms with Crippen LogP contribution in [-0.4, -0.2) is 15.6 Å². The van der Waals surface area contributed by atoms with Crippen LogP contribution in [-0.2, 0) is 26.2 Å². The van der Waals surface area contributed by atoms with Crippen molar-refractivity contribution in [3.8, 4) is 0 Å². The molecule has 0 bridgehead atoms.